The number of methoxy groups -OCH3 is 1. The SMILES string of the molecule is COc1cc(CNc2cn(CCF)nc2C)ccc1O.Cl. The number of alkyl halides is 1. The van der Waals surface area contributed by atoms with E-state index in [1.54, 1.807) is 23.0 Å². The maximum Gasteiger partial charge on any atom is 0.160 e. The Kier molecular flexibility index (Phi) is 6.30. The van der Waals surface area contributed by atoms with E-state index in [2.05, 4.69) is 10.4 Å². The molecule has 0 unspecified atom stereocenters. The van der Waals surface area contributed by atoms with Crippen molar-refractivity contribution in [1.29, 1.82) is 0 Å². The smallest absolute Gasteiger partial charge is 0.160 e. The minimum atomic E-state index is -0.435. The van der Waals surface area contributed by atoms with Gasteiger partial charge in [0.2, 0.25) is 0 Å². The van der Waals surface area contributed by atoms with E-state index in [1.165, 1.54) is 7.11 Å². The lowest BCUT2D eigenvalue weighted by Crippen LogP contribution is -2.00. The van der Waals surface area contributed by atoms with Gasteiger partial charge in [0.05, 0.1) is 25.0 Å². The van der Waals surface area contributed by atoms with Crippen molar-refractivity contribution < 1.29 is 14.2 Å². The summed E-state index contributed by atoms with van der Waals surface area (Å²) in [5.41, 5.74) is 2.66. The fraction of sp³-hybridized carbons (Fsp3) is 0.357. The third-order valence-corrected chi connectivity index (χ3v) is 2.99. The molecular formula is C14H19ClFN3O2. The van der Waals surface area contributed by atoms with Crippen LogP contribution in [0.2, 0.25) is 0 Å². The Hall–Kier alpha value is -1.95. The van der Waals surface area contributed by atoms with E-state index in [4.69, 9.17) is 4.74 Å². The van der Waals surface area contributed by atoms with Gasteiger partial charge >= 0.3 is 0 Å². The molecular weight excluding hydrogens is 297 g/mol. The van der Waals surface area contributed by atoms with Crippen LogP contribution in [0.3, 0.4) is 0 Å². The molecule has 0 aliphatic heterocycles. The molecule has 21 heavy (non-hydrogen) atoms. The number of nitrogens with one attached hydrogen (secondary N) is 1. The Morgan fingerprint density at radius 2 is 2.19 bits per heavy atom. The second kappa shape index (κ2) is 7.73. The molecule has 0 aliphatic rings. The van der Waals surface area contributed by atoms with E-state index in [9.17, 15) is 9.50 Å². The highest BCUT2D eigenvalue weighted by Crippen LogP contribution is 2.26. The van der Waals surface area contributed by atoms with E-state index < -0.39 is 6.67 Å². The molecule has 0 saturated heterocycles. The molecule has 2 aromatic rings. The van der Waals surface area contributed by atoms with Crippen LogP contribution < -0.4 is 10.1 Å². The lowest BCUT2D eigenvalue weighted by molar-refractivity contribution is 0.373. The number of aryl methyl sites for hydroxylation is 2. The minimum absolute atomic E-state index is 0. The fourth-order valence-electron chi connectivity index (χ4n) is 1.92. The third-order valence-electron chi connectivity index (χ3n) is 2.99. The Morgan fingerprint density at radius 1 is 1.43 bits per heavy atom. The predicted octanol–water partition coefficient (Wildman–Crippen LogP) is 2.91. The number of aromatic hydroxyl groups is 1. The summed E-state index contributed by atoms with van der Waals surface area (Å²) in [6.07, 6.45) is 1.78. The molecule has 5 nitrogen and oxygen atoms in total. The van der Waals surface area contributed by atoms with Crippen LogP contribution in [0, 0.1) is 6.92 Å². The first-order valence-corrected chi connectivity index (χ1v) is 6.34. The Bertz CT molecular complexity index is 590. The molecule has 0 spiro atoms. The maximum atomic E-state index is 12.3. The molecule has 1 aromatic carbocycles. The predicted molar refractivity (Wildman–Crippen MR) is 82.2 cm³/mol. The normalized spacial score (nSPS) is 10.0. The van der Waals surface area contributed by atoms with Crippen LogP contribution in [0.1, 0.15) is 11.3 Å². The Labute approximate surface area is 129 Å². The summed E-state index contributed by atoms with van der Waals surface area (Å²) in [5, 5.41) is 17.0. The van der Waals surface area contributed by atoms with Crippen LogP contribution in [0.4, 0.5) is 10.1 Å². The maximum absolute atomic E-state index is 12.3. The minimum Gasteiger partial charge on any atom is -0.504 e. The monoisotopic (exact) mass is 315 g/mol. The van der Waals surface area contributed by atoms with E-state index in [1.807, 2.05) is 13.0 Å². The van der Waals surface area contributed by atoms with Crippen LogP contribution in [-0.4, -0.2) is 28.7 Å². The second-order valence-corrected chi connectivity index (χ2v) is 4.44. The highest BCUT2D eigenvalue weighted by molar-refractivity contribution is 5.85. The molecule has 0 radical (unpaired) electrons. The number of halogens is 2. The molecule has 0 bridgehead atoms. The lowest BCUT2D eigenvalue weighted by atomic mass is 10.2. The van der Waals surface area contributed by atoms with Crippen molar-refractivity contribution in [3.63, 3.8) is 0 Å². The summed E-state index contributed by atoms with van der Waals surface area (Å²) in [7, 11) is 1.51. The molecule has 7 heteroatoms. The van der Waals surface area contributed by atoms with Crippen molar-refractivity contribution in [1.82, 2.24) is 9.78 Å². The Morgan fingerprint density at radius 3 is 2.86 bits per heavy atom. The average Bonchev–Trinajstić information content (AvgIpc) is 2.78. The van der Waals surface area contributed by atoms with Crippen molar-refractivity contribution >= 4 is 18.1 Å². The number of hydrogen-bond acceptors (Lipinski definition) is 4. The first kappa shape index (κ1) is 17.1. The van der Waals surface area contributed by atoms with Crippen molar-refractivity contribution in [3.05, 3.63) is 35.7 Å². The number of anilines is 1. The largest absolute Gasteiger partial charge is 0.504 e. The van der Waals surface area contributed by atoms with Gasteiger partial charge < -0.3 is 15.2 Å². The molecule has 1 aromatic heterocycles. The van der Waals surface area contributed by atoms with Crippen molar-refractivity contribution in [2.45, 2.75) is 20.0 Å². The van der Waals surface area contributed by atoms with Crippen molar-refractivity contribution in [2.24, 2.45) is 0 Å². The van der Waals surface area contributed by atoms with Gasteiger partial charge in [0, 0.05) is 12.7 Å². The highest BCUT2D eigenvalue weighted by Gasteiger charge is 2.06. The van der Waals surface area contributed by atoms with Crippen molar-refractivity contribution in [3.8, 4) is 11.5 Å². The van der Waals surface area contributed by atoms with E-state index in [0.717, 1.165) is 16.9 Å². The highest BCUT2D eigenvalue weighted by atomic mass is 35.5. The van der Waals surface area contributed by atoms with E-state index in [-0.39, 0.29) is 24.7 Å². The van der Waals surface area contributed by atoms with Crippen molar-refractivity contribution in [2.75, 3.05) is 19.1 Å². The van der Waals surface area contributed by atoms with Gasteiger partial charge in [0.15, 0.2) is 11.5 Å². The van der Waals surface area contributed by atoms with Gasteiger partial charge in [-0.25, -0.2) is 4.39 Å². The molecule has 2 rings (SSSR count). The van der Waals surface area contributed by atoms with Gasteiger partial charge in [-0.1, -0.05) is 6.07 Å². The standard InChI is InChI=1S/C14H18FN3O2.ClH/c1-10-12(9-18(17-10)6-5-15)16-8-11-3-4-13(19)14(7-11)20-2;/h3-4,7,9,16,19H,5-6,8H2,1-2H3;1H. The molecule has 0 amide bonds. The van der Waals surface area contributed by atoms with Gasteiger partial charge in [-0.2, -0.15) is 5.10 Å². The summed E-state index contributed by atoms with van der Waals surface area (Å²) < 4.78 is 18.9. The second-order valence-electron chi connectivity index (χ2n) is 4.44. The number of aromatic nitrogens is 2. The number of ether oxygens (including phenoxy) is 1. The summed E-state index contributed by atoms with van der Waals surface area (Å²) in [4.78, 5) is 0. The third kappa shape index (κ3) is 4.26. The fourth-order valence-corrected chi connectivity index (χ4v) is 1.92. The quantitative estimate of drug-likeness (QED) is 0.860. The molecule has 2 N–H and O–H groups in total. The van der Waals surface area contributed by atoms with Gasteiger partial charge in [-0.15, -0.1) is 12.4 Å². The van der Waals surface area contributed by atoms with Crippen LogP contribution >= 0.6 is 12.4 Å². The molecule has 0 aliphatic carbocycles. The van der Waals surface area contributed by atoms with Crippen LogP contribution in [-0.2, 0) is 13.1 Å². The summed E-state index contributed by atoms with van der Waals surface area (Å²) in [6, 6.07) is 5.17. The van der Waals surface area contributed by atoms with Crippen LogP contribution in [0.15, 0.2) is 24.4 Å². The zero-order valence-corrected chi connectivity index (χ0v) is 12.8. The van der Waals surface area contributed by atoms with E-state index in [0.29, 0.717) is 12.3 Å². The van der Waals surface area contributed by atoms with Gasteiger partial charge in [-0.05, 0) is 24.6 Å². The topological polar surface area (TPSA) is 59.3 Å². The zero-order valence-electron chi connectivity index (χ0n) is 12.0. The average molecular weight is 316 g/mol. The molecule has 0 saturated carbocycles. The van der Waals surface area contributed by atoms with Gasteiger partial charge in [0.25, 0.3) is 0 Å². The van der Waals surface area contributed by atoms with Gasteiger partial charge in [-0.3, -0.25) is 4.68 Å². The lowest BCUT2D eigenvalue weighted by Gasteiger charge is -2.08. The number of hydrogen-bond donors (Lipinski definition) is 2. The number of phenols is 1. The molecule has 0 atom stereocenters. The molecule has 1 heterocycles. The number of rotatable bonds is 6. The van der Waals surface area contributed by atoms with Gasteiger partial charge in [0.1, 0.15) is 6.67 Å². The van der Waals surface area contributed by atoms with E-state index >= 15 is 0 Å². The number of phenolic OH excluding ortho intramolecular Hbond substituents is 1. The summed E-state index contributed by atoms with van der Waals surface area (Å²) in [6.45, 7) is 2.26. The number of nitrogens with zero attached hydrogens (tertiary/aromatic N) is 2. The first-order chi connectivity index (χ1) is 9.63. The Balaban J connectivity index is 0.00000220. The van der Waals surface area contributed by atoms with Crippen LogP contribution in [0.5, 0.6) is 11.5 Å². The molecule has 0 fully saturated rings. The summed E-state index contributed by atoms with van der Waals surface area (Å²) in [5.74, 6) is 0.553. The van der Waals surface area contributed by atoms with Crippen LogP contribution in [0.25, 0.3) is 0 Å². The number of benzene rings is 1. The zero-order chi connectivity index (χ0) is 14.5. The summed E-state index contributed by atoms with van der Waals surface area (Å²) >= 11 is 0. The first-order valence-electron chi connectivity index (χ1n) is 6.34. The molecule has 116 valence electrons.